The van der Waals surface area contributed by atoms with Crippen LogP contribution < -0.4 is 21.7 Å². The van der Waals surface area contributed by atoms with Gasteiger partial charge in [0.25, 0.3) is 0 Å². The van der Waals surface area contributed by atoms with Gasteiger partial charge >= 0.3 is 5.96 Å². The van der Waals surface area contributed by atoms with Gasteiger partial charge in [0.15, 0.2) is 0 Å². The molecular weight excluding hydrogens is 470 g/mol. The third-order valence-corrected chi connectivity index (χ3v) is 6.12. The van der Waals surface area contributed by atoms with Gasteiger partial charge in [0.2, 0.25) is 11.7 Å². The molecule has 2 atom stereocenters. The van der Waals surface area contributed by atoms with Crippen LogP contribution in [-0.2, 0) is 11.3 Å². The summed E-state index contributed by atoms with van der Waals surface area (Å²) in [6.45, 7) is 3.45. The Hall–Kier alpha value is -3.20. The molecular formula is C23H27BrN7O+. The standard InChI is InChI=1S/C23H26BrN7O/c1-3-8-26-13-17-20(19-16-10-15(24)6-7-18(16)29-22(19)32)31(2)23(30-21(17)25)28-12-14-5-4-9-27-11-14/h4-7,9-11,13,19-20H,3,8,12H2,1-2H3,(H4,25,26,28,29,30,32)/p+1. The van der Waals surface area contributed by atoms with E-state index in [2.05, 4.69) is 48.8 Å². The zero-order valence-corrected chi connectivity index (χ0v) is 19.7. The van der Waals surface area contributed by atoms with Crippen molar-refractivity contribution in [3.8, 4) is 0 Å². The number of rotatable bonds is 6. The average molecular weight is 497 g/mol. The first-order valence-electron chi connectivity index (χ1n) is 10.6. The van der Waals surface area contributed by atoms with Crippen LogP contribution in [0.5, 0.6) is 0 Å². The van der Waals surface area contributed by atoms with E-state index in [1.165, 1.54) is 0 Å². The summed E-state index contributed by atoms with van der Waals surface area (Å²) in [4.78, 5) is 21.9. The molecule has 0 aliphatic carbocycles. The number of amidine groups is 1. The molecule has 0 spiro atoms. The highest BCUT2D eigenvalue weighted by molar-refractivity contribution is 9.10. The fraction of sp³-hybridized carbons (Fsp3) is 0.304. The van der Waals surface area contributed by atoms with Gasteiger partial charge in [-0.2, -0.15) is 0 Å². The first-order valence-corrected chi connectivity index (χ1v) is 11.4. The quantitative estimate of drug-likeness (QED) is 0.362. The van der Waals surface area contributed by atoms with Crippen molar-refractivity contribution in [3.05, 3.63) is 70.1 Å². The van der Waals surface area contributed by atoms with E-state index in [1.54, 1.807) is 12.4 Å². The minimum Gasteiger partial charge on any atom is -0.390 e. The minimum absolute atomic E-state index is 0.0577. The van der Waals surface area contributed by atoms with E-state index in [9.17, 15) is 4.79 Å². The first-order chi connectivity index (χ1) is 15.5. The van der Waals surface area contributed by atoms with E-state index in [-0.39, 0.29) is 11.9 Å². The fourth-order valence-corrected chi connectivity index (χ4v) is 4.44. The van der Waals surface area contributed by atoms with Crippen LogP contribution in [0.2, 0.25) is 0 Å². The predicted molar refractivity (Wildman–Crippen MR) is 130 cm³/mol. The lowest BCUT2D eigenvalue weighted by Gasteiger charge is -2.28. The van der Waals surface area contributed by atoms with Crippen LogP contribution in [0.1, 0.15) is 30.4 Å². The summed E-state index contributed by atoms with van der Waals surface area (Å²) in [6, 6.07) is 9.39. The molecule has 166 valence electrons. The second-order valence-corrected chi connectivity index (χ2v) is 8.76. The average Bonchev–Trinajstić information content (AvgIpc) is 3.10. The van der Waals surface area contributed by atoms with Crippen LogP contribution >= 0.6 is 15.9 Å². The van der Waals surface area contributed by atoms with Gasteiger partial charge in [0.05, 0.1) is 19.2 Å². The molecule has 9 heteroatoms. The van der Waals surface area contributed by atoms with Crippen molar-refractivity contribution in [2.24, 2.45) is 10.7 Å². The third-order valence-electron chi connectivity index (χ3n) is 5.62. The number of fused-ring (bicyclic) bond motifs is 1. The summed E-state index contributed by atoms with van der Waals surface area (Å²) in [6.07, 6.45) is 6.42. The van der Waals surface area contributed by atoms with E-state index in [0.29, 0.717) is 18.3 Å². The highest BCUT2D eigenvalue weighted by Gasteiger charge is 2.45. The molecule has 2 unspecified atom stereocenters. The number of amides is 1. The zero-order valence-electron chi connectivity index (χ0n) is 18.1. The number of hydrogen-bond acceptors (Lipinski definition) is 6. The van der Waals surface area contributed by atoms with E-state index < -0.39 is 5.92 Å². The van der Waals surface area contributed by atoms with Gasteiger partial charge in [0, 0.05) is 40.9 Å². The lowest BCUT2D eigenvalue weighted by molar-refractivity contribution is -0.532. The summed E-state index contributed by atoms with van der Waals surface area (Å²) >= 11 is 3.54. The lowest BCUT2D eigenvalue weighted by atomic mass is 9.86. The molecule has 0 fully saturated rings. The van der Waals surface area contributed by atoms with Crippen molar-refractivity contribution in [3.63, 3.8) is 0 Å². The number of carbonyl (C=O) groups excluding carboxylic acids is 1. The van der Waals surface area contributed by atoms with Crippen LogP contribution in [0.3, 0.4) is 0 Å². The maximum atomic E-state index is 13.1. The number of nitrogens with one attached hydrogen (secondary N) is 3. The number of anilines is 1. The number of carbonyl (C=O) groups is 1. The summed E-state index contributed by atoms with van der Waals surface area (Å²) in [5.74, 6) is 0.506. The number of nitrogens with two attached hydrogens (primary N) is 1. The second-order valence-electron chi connectivity index (χ2n) is 7.84. The maximum absolute atomic E-state index is 13.1. The van der Waals surface area contributed by atoms with Crippen molar-refractivity contribution in [2.75, 3.05) is 18.9 Å². The highest BCUT2D eigenvalue weighted by atomic mass is 79.9. The number of halogens is 1. The largest absolute Gasteiger partial charge is 0.390 e. The number of aromatic nitrogens is 1. The minimum atomic E-state index is -0.439. The molecule has 0 saturated carbocycles. The van der Waals surface area contributed by atoms with Gasteiger partial charge < -0.3 is 16.4 Å². The summed E-state index contributed by atoms with van der Waals surface area (Å²) in [7, 11) is 1.93. The Labute approximate surface area is 195 Å². The third kappa shape index (κ3) is 4.38. The molecule has 32 heavy (non-hydrogen) atoms. The topological polar surface area (TPSA) is 107 Å². The second kappa shape index (κ2) is 9.52. The molecule has 0 radical (unpaired) electrons. The number of hydrogen-bond donors (Lipinski definition) is 4. The van der Waals surface area contributed by atoms with E-state index >= 15 is 0 Å². The van der Waals surface area contributed by atoms with Crippen LogP contribution in [0.15, 0.2) is 64.0 Å². The van der Waals surface area contributed by atoms with E-state index in [1.807, 2.05) is 48.2 Å². The van der Waals surface area contributed by atoms with Gasteiger partial charge in [-0.3, -0.25) is 19.7 Å². The Kier molecular flexibility index (Phi) is 6.55. The first kappa shape index (κ1) is 22.0. The molecule has 0 saturated heterocycles. The Morgan fingerprint density at radius 1 is 1.34 bits per heavy atom. The van der Waals surface area contributed by atoms with E-state index in [0.717, 1.165) is 39.8 Å². The Balaban J connectivity index is 1.74. The van der Waals surface area contributed by atoms with Gasteiger partial charge in [-0.1, -0.05) is 33.9 Å². The molecule has 8 nitrogen and oxygen atoms in total. The number of likely N-dealkylation sites (N-methyl/N-ethyl adjacent to an activating group) is 1. The number of benzene rings is 1. The Morgan fingerprint density at radius 3 is 2.94 bits per heavy atom. The molecule has 1 aromatic heterocycles. The van der Waals surface area contributed by atoms with E-state index in [4.69, 9.17) is 5.73 Å². The molecule has 2 aliphatic heterocycles. The number of aliphatic imine (C=N–C) groups is 1. The smallest absolute Gasteiger partial charge is 0.389 e. The summed E-state index contributed by atoms with van der Waals surface area (Å²) < 4.78 is 2.92. The van der Waals surface area contributed by atoms with Crippen molar-refractivity contribution >= 4 is 39.3 Å². The summed E-state index contributed by atoms with van der Waals surface area (Å²) in [5, 5.41) is 9.67. The van der Waals surface area contributed by atoms with Gasteiger partial charge in [0.1, 0.15) is 12.0 Å². The van der Waals surface area contributed by atoms with Gasteiger partial charge in [-0.15, -0.1) is 0 Å². The normalized spacial score (nSPS) is 21.3. The molecule has 4 rings (SSSR count). The van der Waals surface area contributed by atoms with Crippen molar-refractivity contribution in [1.29, 1.82) is 0 Å². The molecule has 1 amide bonds. The van der Waals surface area contributed by atoms with Gasteiger partial charge in [-0.05, 0) is 36.2 Å². The number of guanidine groups is 1. The fourth-order valence-electron chi connectivity index (χ4n) is 4.06. The molecule has 2 aromatic rings. The highest BCUT2D eigenvalue weighted by Crippen LogP contribution is 2.39. The Bertz CT molecular complexity index is 1110. The molecule has 2 aliphatic rings. The molecule has 0 bridgehead atoms. The van der Waals surface area contributed by atoms with Crippen molar-refractivity contribution in [2.45, 2.75) is 31.8 Å². The maximum Gasteiger partial charge on any atom is 0.389 e. The lowest BCUT2D eigenvalue weighted by Crippen LogP contribution is -2.49. The number of pyridine rings is 1. The van der Waals surface area contributed by atoms with Crippen molar-refractivity contribution < 1.29 is 9.37 Å². The monoisotopic (exact) mass is 496 g/mol. The van der Waals surface area contributed by atoms with Crippen LogP contribution in [0.25, 0.3) is 0 Å². The molecule has 5 N–H and O–H groups in total. The number of nitrogens with zero attached hydrogens (tertiary/aromatic N) is 3. The van der Waals surface area contributed by atoms with Gasteiger partial charge in [-0.25, -0.2) is 0 Å². The van der Waals surface area contributed by atoms with Crippen LogP contribution in [0, 0.1) is 0 Å². The molecule has 3 heterocycles. The molecule has 1 aromatic carbocycles. The predicted octanol–water partition coefficient (Wildman–Crippen LogP) is 2.29. The zero-order chi connectivity index (χ0) is 22.7. The summed E-state index contributed by atoms with van der Waals surface area (Å²) in [5.41, 5.74) is 10.0. The Morgan fingerprint density at radius 2 is 2.19 bits per heavy atom. The van der Waals surface area contributed by atoms with Crippen molar-refractivity contribution in [1.82, 2.24) is 15.6 Å². The SMILES string of the molecule is CCCN/C=C1\C(N)=NC(NCc2cccnc2)=[N+](C)C1C1C(=O)Nc2ccc(Br)cc21. The van der Waals surface area contributed by atoms with Crippen LogP contribution in [-0.4, -0.2) is 46.9 Å². The van der Waals surface area contributed by atoms with Crippen LogP contribution in [0.4, 0.5) is 5.69 Å².